The van der Waals surface area contributed by atoms with E-state index in [0.717, 1.165) is 28.3 Å². The number of alkyl halides is 2. The number of nitrogens with zero attached hydrogens (tertiary/aromatic N) is 4. The Kier molecular flexibility index (Phi) is 5.71. The molecule has 2 aliphatic rings. The highest BCUT2D eigenvalue weighted by Gasteiger charge is 2.36. The number of allylic oxidation sites excluding steroid dienone is 1. The van der Waals surface area contributed by atoms with Crippen LogP contribution in [0.5, 0.6) is 0 Å². The molecule has 0 aliphatic carbocycles. The van der Waals surface area contributed by atoms with Crippen LogP contribution >= 0.6 is 11.3 Å². The summed E-state index contributed by atoms with van der Waals surface area (Å²) < 4.78 is 29.8. The van der Waals surface area contributed by atoms with E-state index in [1.807, 2.05) is 10.3 Å². The molecule has 1 atom stereocenters. The molecule has 26 heavy (non-hydrogen) atoms. The first-order valence-corrected chi connectivity index (χ1v) is 8.74. The van der Waals surface area contributed by atoms with Gasteiger partial charge < -0.3 is 15.4 Å². The van der Waals surface area contributed by atoms with Gasteiger partial charge in [0.15, 0.2) is 10.8 Å². The molecule has 1 aromatic heterocycles. The molecule has 0 radical (unpaired) electrons. The van der Waals surface area contributed by atoms with Crippen LogP contribution in [0.25, 0.3) is 0 Å². The van der Waals surface area contributed by atoms with Crippen molar-refractivity contribution < 1.29 is 18.3 Å². The van der Waals surface area contributed by atoms with Crippen molar-refractivity contribution in [3.63, 3.8) is 0 Å². The van der Waals surface area contributed by atoms with Gasteiger partial charge in [-0.1, -0.05) is 0 Å². The second-order valence-electron chi connectivity index (χ2n) is 5.69. The van der Waals surface area contributed by atoms with E-state index < -0.39 is 6.55 Å². The smallest absolute Gasteiger partial charge is 0.331 e. The third-order valence-corrected chi connectivity index (χ3v) is 4.89. The fourth-order valence-electron chi connectivity index (χ4n) is 3.07. The molecule has 138 valence electrons. The zero-order valence-electron chi connectivity index (χ0n) is 13.7. The van der Waals surface area contributed by atoms with Gasteiger partial charge in [0, 0.05) is 53.3 Å². The van der Waals surface area contributed by atoms with Gasteiger partial charge in [-0.05, 0) is 6.42 Å². The number of aliphatic imine (C=N–C) groups is 2. The fraction of sp³-hybridized carbons (Fsp3) is 0.375. The Morgan fingerprint density at radius 1 is 1.58 bits per heavy atom. The summed E-state index contributed by atoms with van der Waals surface area (Å²) in [6.45, 7) is -1.23. The third-order valence-electron chi connectivity index (χ3n) is 4.12. The van der Waals surface area contributed by atoms with Crippen LogP contribution in [0.2, 0.25) is 0 Å². The molecule has 0 saturated carbocycles. The molecule has 7 nitrogen and oxygen atoms in total. The van der Waals surface area contributed by atoms with E-state index in [2.05, 4.69) is 15.0 Å². The van der Waals surface area contributed by atoms with Gasteiger partial charge in [0.2, 0.25) is 0 Å². The summed E-state index contributed by atoms with van der Waals surface area (Å²) in [6, 6.07) is 0. The molecule has 1 saturated heterocycles. The predicted octanol–water partition coefficient (Wildman–Crippen LogP) is 1.79. The molecule has 3 rings (SSSR count). The summed E-state index contributed by atoms with van der Waals surface area (Å²) in [7, 11) is 0. The van der Waals surface area contributed by atoms with E-state index in [1.165, 1.54) is 17.5 Å². The third kappa shape index (κ3) is 3.79. The molecule has 1 fully saturated rings. The van der Waals surface area contributed by atoms with Gasteiger partial charge in [0.25, 0.3) is 6.47 Å². The topological polar surface area (TPSA) is 93.2 Å². The average Bonchev–Trinajstić information content (AvgIpc) is 3.30. The Morgan fingerprint density at radius 2 is 2.42 bits per heavy atom. The monoisotopic (exact) mass is 381 g/mol. The predicted molar refractivity (Wildman–Crippen MR) is 94.1 cm³/mol. The maximum absolute atomic E-state index is 12.4. The number of thiazole rings is 1. The van der Waals surface area contributed by atoms with Crippen molar-refractivity contribution in [3.05, 3.63) is 39.6 Å². The lowest BCUT2D eigenvalue weighted by Crippen LogP contribution is -2.33. The van der Waals surface area contributed by atoms with Crippen LogP contribution in [0.4, 0.5) is 8.78 Å². The highest BCUT2D eigenvalue weighted by Crippen LogP contribution is 2.36. The first-order valence-electron chi connectivity index (χ1n) is 7.86. The standard InChI is InChI=1S/C16H17F2N5O2S/c17-16(18)22-5-11(4-19)12-6-21-14(15-20-1-2-26-15)23-7-10(3-13(12)23)8-25-9-24/h1-2,4-5,9-10,16H,3,6-8,19H2. The van der Waals surface area contributed by atoms with Crippen molar-refractivity contribution in [1.29, 1.82) is 0 Å². The van der Waals surface area contributed by atoms with Gasteiger partial charge in [-0.25, -0.2) is 9.98 Å². The van der Waals surface area contributed by atoms with Crippen molar-refractivity contribution in [2.24, 2.45) is 21.6 Å². The maximum atomic E-state index is 12.4. The van der Waals surface area contributed by atoms with Crippen LogP contribution in [0.1, 0.15) is 11.4 Å². The lowest BCUT2D eigenvalue weighted by molar-refractivity contribution is -0.129. The van der Waals surface area contributed by atoms with Crippen LogP contribution in [-0.4, -0.2) is 54.7 Å². The molecular formula is C16H17F2N5O2S. The Bertz CT molecular complexity index is 774. The molecule has 10 heteroatoms. The fourth-order valence-corrected chi connectivity index (χ4v) is 3.72. The first-order chi connectivity index (χ1) is 12.6. The van der Waals surface area contributed by atoms with Crippen LogP contribution in [0, 0.1) is 5.92 Å². The minimum atomic E-state index is -2.80. The summed E-state index contributed by atoms with van der Waals surface area (Å²) in [5.41, 5.74) is 7.70. The Hall–Kier alpha value is -2.62. The molecular weight excluding hydrogens is 364 g/mol. The molecule has 2 aliphatic heterocycles. The minimum Gasteiger partial charge on any atom is -0.468 e. The number of hydrogen-bond donors (Lipinski definition) is 1. The number of carbonyl (C=O) groups excluding carboxylic acids is 1. The Labute approximate surface area is 152 Å². The van der Waals surface area contributed by atoms with E-state index in [0.29, 0.717) is 31.6 Å². The van der Waals surface area contributed by atoms with E-state index >= 15 is 0 Å². The number of carbonyl (C=O) groups is 1. The van der Waals surface area contributed by atoms with Gasteiger partial charge in [0.1, 0.15) is 0 Å². The molecule has 3 heterocycles. The molecule has 1 unspecified atom stereocenters. The summed E-state index contributed by atoms with van der Waals surface area (Å²) in [5, 5.41) is 2.64. The van der Waals surface area contributed by atoms with E-state index in [9.17, 15) is 13.6 Å². The Morgan fingerprint density at radius 3 is 3.08 bits per heavy atom. The molecule has 0 spiro atoms. The number of amidine groups is 1. The van der Waals surface area contributed by atoms with Crippen LogP contribution in [0.3, 0.4) is 0 Å². The Balaban J connectivity index is 1.94. The quantitative estimate of drug-likeness (QED) is 0.442. The highest BCUT2D eigenvalue weighted by atomic mass is 32.1. The normalized spacial score (nSPS) is 20.7. The lowest BCUT2D eigenvalue weighted by atomic mass is 10.0. The van der Waals surface area contributed by atoms with Gasteiger partial charge in [-0.15, -0.1) is 11.3 Å². The van der Waals surface area contributed by atoms with E-state index in [1.54, 1.807) is 6.20 Å². The summed E-state index contributed by atoms with van der Waals surface area (Å²) in [5.74, 6) is 0.800. The maximum Gasteiger partial charge on any atom is 0.331 e. The van der Waals surface area contributed by atoms with E-state index in [-0.39, 0.29) is 12.5 Å². The molecule has 2 N–H and O–H groups in total. The van der Waals surface area contributed by atoms with Gasteiger partial charge in [0.05, 0.1) is 13.2 Å². The highest BCUT2D eigenvalue weighted by molar-refractivity contribution is 7.11. The number of hydrogen-bond acceptors (Lipinski definition) is 8. The summed E-state index contributed by atoms with van der Waals surface area (Å²) in [6.07, 6.45) is 4.65. The van der Waals surface area contributed by atoms with Crippen LogP contribution in [0.15, 0.2) is 44.6 Å². The average molecular weight is 381 g/mol. The summed E-state index contributed by atoms with van der Waals surface area (Å²) in [4.78, 5) is 24.5. The first kappa shape index (κ1) is 18.2. The molecule has 1 aromatic rings. The van der Waals surface area contributed by atoms with E-state index in [4.69, 9.17) is 10.5 Å². The van der Waals surface area contributed by atoms with Crippen LogP contribution < -0.4 is 5.73 Å². The van der Waals surface area contributed by atoms with Crippen molar-refractivity contribution in [3.8, 4) is 0 Å². The SMILES string of the molecule is NC=C(C=NC(F)F)C1=C2CC(COC=O)CN2C(c2nccs2)=NC1. The number of halogens is 2. The molecule has 0 aromatic carbocycles. The van der Waals surface area contributed by atoms with Crippen molar-refractivity contribution in [2.75, 3.05) is 19.7 Å². The molecule has 0 amide bonds. The van der Waals surface area contributed by atoms with Gasteiger partial charge in [-0.2, -0.15) is 8.78 Å². The number of fused-ring (bicyclic) bond motifs is 1. The van der Waals surface area contributed by atoms with Crippen molar-refractivity contribution in [2.45, 2.75) is 13.0 Å². The minimum absolute atomic E-state index is 0.0690. The number of ether oxygens (including phenoxy) is 1. The van der Waals surface area contributed by atoms with Gasteiger partial charge >= 0.3 is 6.55 Å². The van der Waals surface area contributed by atoms with Crippen molar-refractivity contribution in [1.82, 2.24) is 9.88 Å². The summed E-state index contributed by atoms with van der Waals surface area (Å²) >= 11 is 1.47. The second-order valence-corrected chi connectivity index (χ2v) is 6.59. The zero-order valence-corrected chi connectivity index (χ0v) is 14.5. The van der Waals surface area contributed by atoms with Crippen LogP contribution in [-0.2, 0) is 9.53 Å². The largest absolute Gasteiger partial charge is 0.468 e. The second kappa shape index (κ2) is 8.17. The van der Waals surface area contributed by atoms with Crippen molar-refractivity contribution >= 4 is 29.9 Å². The lowest BCUT2D eigenvalue weighted by Gasteiger charge is -2.28. The number of rotatable bonds is 7. The number of nitrogens with two attached hydrogens (primary N) is 1. The zero-order chi connectivity index (χ0) is 18.5. The van der Waals surface area contributed by atoms with Gasteiger partial charge in [-0.3, -0.25) is 9.79 Å². The molecule has 0 bridgehead atoms. The number of aromatic nitrogens is 1.